The Kier molecular flexibility index (Phi) is 6.19. The number of carbonyl (C=O) groups is 1. The van der Waals surface area contributed by atoms with Gasteiger partial charge in [0.05, 0.1) is 5.56 Å². The number of benzene rings is 1. The van der Waals surface area contributed by atoms with Crippen molar-refractivity contribution in [3.05, 3.63) is 59.8 Å². The third-order valence-corrected chi connectivity index (χ3v) is 5.52. The Balaban J connectivity index is 1.27. The SMILES string of the molecule is O=C(c1ccc(OCc2ccccc2)nc1)N1CCN(C2CCOCC2)CC1. The van der Waals surface area contributed by atoms with E-state index in [-0.39, 0.29) is 5.91 Å². The zero-order valence-electron chi connectivity index (χ0n) is 16.1. The lowest BCUT2D eigenvalue weighted by Crippen LogP contribution is -2.53. The Labute approximate surface area is 166 Å². The molecule has 1 amide bonds. The minimum absolute atomic E-state index is 0.0498. The monoisotopic (exact) mass is 381 g/mol. The molecule has 6 heteroatoms. The van der Waals surface area contributed by atoms with Crippen LogP contribution in [0.4, 0.5) is 0 Å². The van der Waals surface area contributed by atoms with Gasteiger partial charge in [-0.3, -0.25) is 9.69 Å². The normalized spacial score (nSPS) is 18.8. The van der Waals surface area contributed by atoms with E-state index in [1.165, 1.54) is 0 Å². The fraction of sp³-hybridized carbons (Fsp3) is 0.455. The van der Waals surface area contributed by atoms with Crippen molar-refractivity contribution >= 4 is 5.91 Å². The summed E-state index contributed by atoms with van der Waals surface area (Å²) >= 11 is 0. The third-order valence-electron chi connectivity index (χ3n) is 5.52. The predicted molar refractivity (Wildman–Crippen MR) is 106 cm³/mol. The number of nitrogens with zero attached hydrogens (tertiary/aromatic N) is 3. The van der Waals surface area contributed by atoms with Gasteiger partial charge in [0.25, 0.3) is 5.91 Å². The number of ether oxygens (including phenoxy) is 2. The number of pyridine rings is 1. The molecular formula is C22H27N3O3. The van der Waals surface area contributed by atoms with E-state index in [4.69, 9.17) is 9.47 Å². The molecular weight excluding hydrogens is 354 g/mol. The van der Waals surface area contributed by atoms with Crippen LogP contribution in [0.5, 0.6) is 5.88 Å². The van der Waals surface area contributed by atoms with E-state index in [1.807, 2.05) is 35.2 Å². The van der Waals surface area contributed by atoms with Gasteiger partial charge in [-0.15, -0.1) is 0 Å². The first kappa shape index (κ1) is 18.9. The van der Waals surface area contributed by atoms with Gasteiger partial charge >= 0.3 is 0 Å². The summed E-state index contributed by atoms with van der Waals surface area (Å²) in [4.78, 5) is 21.5. The molecule has 148 valence electrons. The molecule has 0 saturated carbocycles. The highest BCUT2D eigenvalue weighted by atomic mass is 16.5. The van der Waals surface area contributed by atoms with Gasteiger partial charge in [-0.2, -0.15) is 0 Å². The highest BCUT2D eigenvalue weighted by molar-refractivity contribution is 5.94. The van der Waals surface area contributed by atoms with Crippen molar-refractivity contribution in [1.82, 2.24) is 14.8 Å². The van der Waals surface area contributed by atoms with Crippen LogP contribution in [0.2, 0.25) is 0 Å². The average Bonchev–Trinajstić information content (AvgIpc) is 2.79. The topological polar surface area (TPSA) is 54.9 Å². The van der Waals surface area contributed by atoms with E-state index in [0.29, 0.717) is 24.1 Å². The minimum atomic E-state index is 0.0498. The van der Waals surface area contributed by atoms with Crippen LogP contribution < -0.4 is 4.74 Å². The van der Waals surface area contributed by atoms with Crippen LogP contribution in [0.25, 0.3) is 0 Å². The van der Waals surface area contributed by atoms with Crippen LogP contribution in [0, 0.1) is 0 Å². The van der Waals surface area contributed by atoms with E-state index in [2.05, 4.69) is 9.88 Å². The number of hydrogen-bond donors (Lipinski definition) is 0. The van der Waals surface area contributed by atoms with Gasteiger partial charge in [-0.25, -0.2) is 4.98 Å². The summed E-state index contributed by atoms with van der Waals surface area (Å²) in [6.07, 6.45) is 3.82. The van der Waals surface area contributed by atoms with Gasteiger partial charge in [0.2, 0.25) is 5.88 Å². The van der Waals surface area contributed by atoms with Crippen molar-refractivity contribution in [1.29, 1.82) is 0 Å². The zero-order chi connectivity index (χ0) is 19.2. The Hall–Kier alpha value is -2.44. The summed E-state index contributed by atoms with van der Waals surface area (Å²) in [6, 6.07) is 14.1. The molecule has 0 unspecified atom stereocenters. The van der Waals surface area contributed by atoms with Gasteiger partial charge in [-0.05, 0) is 24.5 Å². The van der Waals surface area contributed by atoms with E-state index in [1.54, 1.807) is 18.3 Å². The second-order valence-corrected chi connectivity index (χ2v) is 7.33. The maximum atomic E-state index is 12.8. The third kappa shape index (κ3) is 4.69. The van der Waals surface area contributed by atoms with Gasteiger partial charge < -0.3 is 14.4 Å². The summed E-state index contributed by atoms with van der Waals surface area (Å²) in [6.45, 7) is 5.58. The fourth-order valence-corrected chi connectivity index (χ4v) is 3.85. The largest absolute Gasteiger partial charge is 0.473 e. The molecule has 0 spiro atoms. The van der Waals surface area contributed by atoms with E-state index < -0.39 is 0 Å². The van der Waals surface area contributed by atoms with Crippen molar-refractivity contribution in [2.45, 2.75) is 25.5 Å². The van der Waals surface area contributed by atoms with Crippen LogP contribution in [0.1, 0.15) is 28.8 Å². The number of rotatable bonds is 5. The molecule has 0 radical (unpaired) electrons. The molecule has 0 bridgehead atoms. The molecule has 0 N–H and O–H groups in total. The molecule has 2 aliphatic heterocycles. The first-order valence-electron chi connectivity index (χ1n) is 10.0. The molecule has 2 saturated heterocycles. The van der Waals surface area contributed by atoms with Gasteiger partial charge in [-0.1, -0.05) is 30.3 Å². The first-order valence-corrected chi connectivity index (χ1v) is 10.0. The van der Waals surface area contributed by atoms with Crippen molar-refractivity contribution in [2.24, 2.45) is 0 Å². The van der Waals surface area contributed by atoms with E-state index in [0.717, 1.165) is 57.8 Å². The standard InChI is InChI=1S/C22H27N3O3/c26-22(25-12-10-24(11-13-25)20-8-14-27-15-9-20)19-6-7-21(23-16-19)28-17-18-4-2-1-3-5-18/h1-7,16,20H,8-15,17H2. The van der Waals surface area contributed by atoms with Crippen LogP contribution in [0.3, 0.4) is 0 Å². The first-order chi connectivity index (χ1) is 13.8. The maximum absolute atomic E-state index is 12.8. The van der Waals surface area contributed by atoms with Crippen molar-refractivity contribution in [3.8, 4) is 5.88 Å². The molecule has 1 aromatic carbocycles. The number of aromatic nitrogens is 1. The molecule has 3 heterocycles. The predicted octanol–water partition coefficient (Wildman–Crippen LogP) is 2.60. The summed E-state index contributed by atoms with van der Waals surface area (Å²) in [7, 11) is 0. The van der Waals surface area contributed by atoms with E-state index in [9.17, 15) is 4.79 Å². The highest BCUT2D eigenvalue weighted by Gasteiger charge is 2.27. The molecule has 2 aliphatic rings. The van der Waals surface area contributed by atoms with Gasteiger partial charge in [0, 0.05) is 57.7 Å². The summed E-state index contributed by atoms with van der Waals surface area (Å²) in [5.41, 5.74) is 1.71. The molecule has 6 nitrogen and oxygen atoms in total. The number of amides is 1. The second kappa shape index (κ2) is 9.17. The maximum Gasteiger partial charge on any atom is 0.255 e. The minimum Gasteiger partial charge on any atom is -0.473 e. The lowest BCUT2D eigenvalue weighted by atomic mass is 10.1. The zero-order valence-corrected chi connectivity index (χ0v) is 16.1. The molecule has 2 aromatic rings. The molecule has 0 atom stereocenters. The van der Waals surface area contributed by atoms with Crippen LogP contribution >= 0.6 is 0 Å². The number of carbonyl (C=O) groups excluding carboxylic acids is 1. The van der Waals surface area contributed by atoms with Crippen molar-refractivity contribution in [2.75, 3.05) is 39.4 Å². The summed E-state index contributed by atoms with van der Waals surface area (Å²) in [5.74, 6) is 0.582. The Bertz CT molecular complexity index is 752. The Morgan fingerprint density at radius 1 is 1.04 bits per heavy atom. The smallest absolute Gasteiger partial charge is 0.255 e. The van der Waals surface area contributed by atoms with Gasteiger partial charge in [0.15, 0.2) is 0 Å². The lowest BCUT2D eigenvalue weighted by molar-refractivity contribution is 0.0137. The number of piperazine rings is 1. The van der Waals surface area contributed by atoms with Crippen LogP contribution in [-0.4, -0.2) is 66.1 Å². The summed E-state index contributed by atoms with van der Waals surface area (Å²) in [5, 5.41) is 0. The molecule has 2 fully saturated rings. The molecule has 28 heavy (non-hydrogen) atoms. The Morgan fingerprint density at radius 3 is 2.46 bits per heavy atom. The molecule has 4 rings (SSSR count). The average molecular weight is 381 g/mol. The molecule has 1 aromatic heterocycles. The second-order valence-electron chi connectivity index (χ2n) is 7.33. The lowest BCUT2D eigenvalue weighted by Gasteiger charge is -2.40. The Morgan fingerprint density at radius 2 is 1.79 bits per heavy atom. The highest BCUT2D eigenvalue weighted by Crippen LogP contribution is 2.18. The molecule has 0 aliphatic carbocycles. The van der Waals surface area contributed by atoms with Crippen LogP contribution in [0.15, 0.2) is 48.7 Å². The van der Waals surface area contributed by atoms with Crippen LogP contribution in [-0.2, 0) is 11.3 Å². The summed E-state index contributed by atoms with van der Waals surface area (Å²) < 4.78 is 11.2. The quantitative estimate of drug-likeness (QED) is 0.797. The van der Waals surface area contributed by atoms with Crippen molar-refractivity contribution in [3.63, 3.8) is 0 Å². The van der Waals surface area contributed by atoms with Gasteiger partial charge in [0.1, 0.15) is 6.61 Å². The fourth-order valence-electron chi connectivity index (χ4n) is 3.85. The number of hydrogen-bond acceptors (Lipinski definition) is 5. The van der Waals surface area contributed by atoms with E-state index >= 15 is 0 Å². The van der Waals surface area contributed by atoms with Crippen molar-refractivity contribution < 1.29 is 14.3 Å².